The van der Waals surface area contributed by atoms with Crippen molar-refractivity contribution in [3.63, 3.8) is 0 Å². The van der Waals surface area contributed by atoms with Crippen LogP contribution in [-0.2, 0) is 9.53 Å². The lowest BCUT2D eigenvalue weighted by molar-refractivity contribution is -0.154. The van der Waals surface area contributed by atoms with Gasteiger partial charge >= 0.3 is 5.97 Å². The van der Waals surface area contributed by atoms with E-state index in [-0.39, 0.29) is 6.10 Å². The highest BCUT2D eigenvalue weighted by Crippen LogP contribution is 2.33. The summed E-state index contributed by atoms with van der Waals surface area (Å²) in [4.78, 5) is 11.5. The Bertz CT molecular complexity index is 265. The van der Waals surface area contributed by atoms with Gasteiger partial charge in [0.15, 0.2) is 0 Å². The molecule has 0 aromatic rings. The number of nitrogens with one attached hydrogen (secondary N) is 1. The molecule has 2 aliphatic carbocycles. The van der Waals surface area contributed by atoms with Crippen LogP contribution in [0.3, 0.4) is 0 Å². The third-order valence-electron chi connectivity index (χ3n) is 3.91. The van der Waals surface area contributed by atoms with Crippen LogP contribution in [0.5, 0.6) is 0 Å². The highest BCUT2D eigenvalue weighted by molar-refractivity contribution is 5.80. The predicted molar refractivity (Wildman–Crippen MR) is 60.4 cm³/mol. The average Bonchev–Trinajstić information content (AvgIpc) is 3.10. The van der Waals surface area contributed by atoms with Gasteiger partial charge in [0.2, 0.25) is 0 Å². The first-order chi connectivity index (χ1) is 7.69. The van der Waals surface area contributed by atoms with E-state index in [1.807, 2.05) is 0 Å². The van der Waals surface area contributed by atoms with E-state index in [2.05, 4.69) is 5.32 Å². The van der Waals surface area contributed by atoms with Gasteiger partial charge in [-0.1, -0.05) is 12.8 Å². The van der Waals surface area contributed by atoms with Crippen LogP contribution in [0, 0.1) is 5.92 Å². The zero-order valence-electron chi connectivity index (χ0n) is 9.87. The molecule has 0 aliphatic heterocycles. The molecule has 2 atom stereocenters. The van der Waals surface area contributed by atoms with Crippen LogP contribution in [0.4, 0.5) is 0 Å². The zero-order valence-corrected chi connectivity index (χ0v) is 9.87. The molecular weight excluding hydrogens is 206 g/mol. The molecule has 0 bridgehead atoms. The van der Waals surface area contributed by atoms with Crippen LogP contribution < -0.4 is 5.32 Å². The second kappa shape index (κ2) is 4.72. The molecule has 2 fully saturated rings. The quantitative estimate of drug-likeness (QED) is 0.745. The number of hydrogen-bond acceptors (Lipinski definition) is 3. The SMILES string of the molecule is COC1CCCCC1(NCC1CC1)C(=O)O. The molecule has 2 unspecified atom stereocenters. The molecule has 2 aliphatic rings. The van der Waals surface area contributed by atoms with Gasteiger partial charge in [-0.2, -0.15) is 0 Å². The van der Waals surface area contributed by atoms with Crippen molar-refractivity contribution in [1.29, 1.82) is 0 Å². The van der Waals surface area contributed by atoms with Crippen LogP contribution in [-0.4, -0.2) is 36.4 Å². The standard InChI is InChI=1S/C12H21NO3/c1-16-10-4-2-3-7-12(10,11(14)15)13-8-9-5-6-9/h9-10,13H,2-8H2,1H3,(H,14,15). The summed E-state index contributed by atoms with van der Waals surface area (Å²) < 4.78 is 5.38. The topological polar surface area (TPSA) is 58.6 Å². The van der Waals surface area contributed by atoms with E-state index in [0.29, 0.717) is 12.3 Å². The fourth-order valence-electron chi connectivity index (χ4n) is 2.63. The Balaban J connectivity index is 2.06. The number of methoxy groups -OCH3 is 1. The Morgan fingerprint density at radius 3 is 2.75 bits per heavy atom. The van der Waals surface area contributed by atoms with E-state index in [4.69, 9.17) is 4.74 Å². The van der Waals surface area contributed by atoms with Gasteiger partial charge in [0, 0.05) is 7.11 Å². The summed E-state index contributed by atoms with van der Waals surface area (Å²) >= 11 is 0. The van der Waals surface area contributed by atoms with Crippen LogP contribution in [0.15, 0.2) is 0 Å². The van der Waals surface area contributed by atoms with Crippen molar-refractivity contribution >= 4 is 5.97 Å². The third-order valence-corrected chi connectivity index (χ3v) is 3.91. The van der Waals surface area contributed by atoms with E-state index in [1.54, 1.807) is 7.11 Å². The van der Waals surface area contributed by atoms with Gasteiger partial charge in [-0.3, -0.25) is 10.1 Å². The fourth-order valence-corrected chi connectivity index (χ4v) is 2.63. The number of aliphatic carboxylic acids is 1. The van der Waals surface area contributed by atoms with Crippen molar-refractivity contribution < 1.29 is 14.6 Å². The smallest absolute Gasteiger partial charge is 0.326 e. The molecule has 4 nitrogen and oxygen atoms in total. The minimum Gasteiger partial charge on any atom is -0.480 e. The van der Waals surface area contributed by atoms with Crippen molar-refractivity contribution in [2.75, 3.05) is 13.7 Å². The molecule has 0 heterocycles. The predicted octanol–water partition coefficient (Wildman–Crippen LogP) is 1.40. The van der Waals surface area contributed by atoms with Crippen LogP contribution in [0.1, 0.15) is 38.5 Å². The maximum absolute atomic E-state index is 11.5. The first kappa shape index (κ1) is 11.9. The number of ether oxygens (including phenoxy) is 1. The average molecular weight is 227 g/mol. The Kier molecular flexibility index (Phi) is 3.50. The highest BCUT2D eigenvalue weighted by atomic mass is 16.5. The normalized spacial score (nSPS) is 34.9. The van der Waals surface area contributed by atoms with Crippen LogP contribution in [0.2, 0.25) is 0 Å². The molecule has 2 N–H and O–H groups in total. The number of rotatable bonds is 5. The summed E-state index contributed by atoms with van der Waals surface area (Å²) in [7, 11) is 1.62. The Morgan fingerprint density at radius 2 is 2.19 bits per heavy atom. The minimum atomic E-state index is -0.838. The second-order valence-corrected chi connectivity index (χ2v) is 5.07. The summed E-state index contributed by atoms with van der Waals surface area (Å²) in [6.45, 7) is 0.826. The van der Waals surface area contributed by atoms with Crippen LogP contribution >= 0.6 is 0 Å². The molecule has 0 saturated heterocycles. The lowest BCUT2D eigenvalue weighted by atomic mass is 9.79. The second-order valence-electron chi connectivity index (χ2n) is 5.07. The number of carboxylic acid groups (broad SMARTS) is 1. The maximum Gasteiger partial charge on any atom is 0.326 e. The van der Waals surface area contributed by atoms with Crippen LogP contribution in [0.25, 0.3) is 0 Å². The lowest BCUT2D eigenvalue weighted by Crippen LogP contribution is -2.62. The summed E-state index contributed by atoms with van der Waals surface area (Å²) in [6.07, 6.45) is 5.87. The largest absolute Gasteiger partial charge is 0.480 e. The molecule has 0 amide bonds. The molecule has 0 spiro atoms. The summed E-state index contributed by atoms with van der Waals surface area (Å²) in [5, 5.41) is 12.8. The molecule has 92 valence electrons. The molecule has 4 heteroatoms. The molecule has 0 radical (unpaired) electrons. The maximum atomic E-state index is 11.5. The van der Waals surface area contributed by atoms with Gasteiger partial charge in [0.25, 0.3) is 0 Å². The Labute approximate surface area is 96.4 Å². The van der Waals surface area contributed by atoms with E-state index < -0.39 is 11.5 Å². The van der Waals surface area contributed by atoms with Gasteiger partial charge in [-0.15, -0.1) is 0 Å². The van der Waals surface area contributed by atoms with Crippen molar-refractivity contribution in [2.45, 2.75) is 50.2 Å². The first-order valence-corrected chi connectivity index (χ1v) is 6.20. The molecule has 2 saturated carbocycles. The summed E-state index contributed by atoms with van der Waals surface area (Å²) in [5.41, 5.74) is -0.838. The monoisotopic (exact) mass is 227 g/mol. The lowest BCUT2D eigenvalue weighted by Gasteiger charge is -2.40. The van der Waals surface area contributed by atoms with Gasteiger partial charge in [0.1, 0.15) is 5.54 Å². The third kappa shape index (κ3) is 2.23. The van der Waals surface area contributed by atoms with Gasteiger partial charge in [-0.25, -0.2) is 0 Å². The van der Waals surface area contributed by atoms with Gasteiger partial charge in [0.05, 0.1) is 6.10 Å². The van der Waals surface area contributed by atoms with E-state index >= 15 is 0 Å². The van der Waals surface area contributed by atoms with E-state index in [9.17, 15) is 9.90 Å². The van der Waals surface area contributed by atoms with Gasteiger partial charge < -0.3 is 9.84 Å². The number of carbonyl (C=O) groups is 1. The van der Waals surface area contributed by atoms with Crippen molar-refractivity contribution in [2.24, 2.45) is 5.92 Å². The Hall–Kier alpha value is -0.610. The van der Waals surface area contributed by atoms with E-state index in [1.165, 1.54) is 12.8 Å². The van der Waals surface area contributed by atoms with E-state index in [0.717, 1.165) is 25.8 Å². The summed E-state index contributed by atoms with van der Waals surface area (Å²) in [5.74, 6) is -0.0599. The summed E-state index contributed by atoms with van der Waals surface area (Å²) in [6, 6.07) is 0. The molecular formula is C12H21NO3. The molecule has 16 heavy (non-hydrogen) atoms. The van der Waals surface area contributed by atoms with Crippen molar-refractivity contribution in [1.82, 2.24) is 5.32 Å². The Morgan fingerprint density at radius 1 is 1.44 bits per heavy atom. The molecule has 2 rings (SSSR count). The fraction of sp³-hybridized carbons (Fsp3) is 0.917. The minimum absolute atomic E-state index is 0.183. The van der Waals surface area contributed by atoms with Crippen molar-refractivity contribution in [3.8, 4) is 0 Å². The highest BCUT2D eigenvalue weighted by Gasteiger charge is 2.48. The van der Waals surface area contributed by atoms with Gasteiger partial charge in [-0.05, 0) is 38.1 Å². The molecule has 0 aromatic heterocycles. The van der Waals surface area contributed by atoms with Crippen molar-refractivity contribution in [3.05, 3.63) is 0 Å². The number of hydrogen-bond donors (Lipinski definition) is 2. The first-order valence-electron chi connectivity index (χ1n) is 6.20. The zero-order chi connectivity index (χ0) is 11.6. The molecule has 0 aromatic carbocycles. The number of carboxylic acids is 1.